The molecule has 2 N–H and O–H groups in total. The Hall–Kier alpha value is -2.05. The van der Waals surface area contributed by atoms with E-state index < -0.39 is 11.6 Å². The van der Waals surface area contributed by atoms with E-state index in [0.717, 1.165) is 10.9 Å². The molecule has 0 amide bonds. The molecule has 2 heterocycles. The number of hydrogen-bond donors (Lipinski definition) is 2. The Bertz CT molecular complexity index is 817. The van der Waals surface area contributed by atoms with Gasteiger partial charge in [-0.2, -0.15) is 0 Å². The summed E-state index contributed by atoms with van der Waals surface area (Å²) in [4.78, 5) is 5.21. The molecule has 120 valence electrons. The number of aliphatic hydroxyl groups excluding tert-OH is 1. The van der Waals surface area contributed by atoms with Crippen molar-refractivity contribution in [3.05, 3.63) is 47.5 Å². The van der Waals surface area contributed by atoms with E-state index >= 15 is 0 Å². The number of halogens is 2. The minimum Gasteiger partial charge on any atom is -0.394 e. The van der Waals surface area contributed by atoms with E-state index in [1.54, 1.807) is 6.20 Å². The molecule has 3 aromatic rings. The number of fused-ring (bicyclic) bond motifs is 1. The molecule has 0 spiro atoms. The van der Waals surface area contributed by atoms with Gasteiger partial charge in [0.1, 0.15) is 17.5 Å². The molecule has 1 atom stereocenters. The van der Waals surface area contributed by atoms with Gasteiger partial charge in [0, 0.05) is 28.1 Å². The summed E-state index contributed by atoms with van der Waals surface area (Å²) in [6, 6.07) is 5.71. The fraction of sp³-hybridized carbons (Fsp3) is 0.235. The predicted octanol–water partition coefficient (Wildman–Crippen LogP) is 4.42. The number of aliphatic hydroxyl groups is 1. The quantitative estimate of drug-likeness (QED) is 0.726. The topological polar surface area (TPSA) is 45.1 Å². The van der Waals surface area contributed by atoms with Crippen LogP contribution in [0.15, 0.2) is 35.8 Å². The van der Waals surface area contributed by atoms with Gasteiger partial charge in [-0.15, -0.1) is 11.3 Å². The van der Waals surface area contributed by atoms with Gasteiger partial charge >= 0.3 is 0 Å². The van der Waals surface area contributed by atoms with Crippen LogP contribution in [0.3, 0.4) is 0 Å². The second-order valence-corrected chi connectivity index (χ2v) is 6.19. The number of nitrogens with zero attached hydrogens (tertiary/aromatic N) is 1. The first kappa shape index (κ1) is 15.8. The molecule has 0 saturated carbocycles. The number of nitrogens with one attached hydrogen (secondary N) is 1. The zero-order valence-corrected chi connectivity index (χ0v) is 13.3. The molecule has 0 fully saturated rings. The maximum Gasteiger partial charge on any atom is 0.137 e. The minimum atomic E-state index is -0.666. The Kier molecular flexibility index (Phi) is 4.54. The van der Waals surface area contributed by atoms with Crippen molar-refractivity contribution in [1.29, 1.82) is 0 Å². The van der Waals surface area contributed by atoms with E-state index in [1.165, 1.54) is 17.4 Å². The van der Waals surface area contributed by atoms with Gasteiger partial charge in [-0.25, -0.2) is 13.8 Å². The molecule has 23 heavy (non-hydrogen) atoms. The zero-order valence-electron chi connectivity index (χ0n) is 12.5. The number of aromatic nitrogens is 1. The molecule has 6 heteroatoms. The SMILES string of the molecule is CCC(CO)Nc1ncc(-c2cccs2)c2cc(F)cc(F)c12. The minimum absolute atomic E-state index is 0.0881. The van der Waals surface area contributed by atoms with Gasteiger partial charge in [-0.05, 0) is 23.9 Å². The fourth-order valence-electron chi connectivity index (χ4n) is 2.50. The fourth-order valence-corrected chi connectivity index (χ4v) is 3.25. The third-order valence-corrected chi connectivity index (χ3v) is 4.65. The lowest BCUT2D eigenvalue weighted by Gasteiger charge is -2.17. The van der Waals surface area contributed by atoms with E-state index in [9.17, 15) is 13.9 Å². The average Bonchev–Trinajstić information content (AvgIpc) is 3.06. The Morgan fingerprint density at radius 2 is 2.17 bits per heavy atom. The highest BCUT2D eigenvalue weighted by Gasteiger charge is 2.17. The van der Waals surface area contributed by atoms with E-state index in [-0.39, 0.29) is 18.0 Å². The summed E-state index contributed by atoms with van der Waals surface area (Å²) in [5.74, 6) is -0.973. The largest absolute Gasteiger partial charge is 0.394 e. The lowest BCUT2D eigenvalue weighted by Crippen LogP contribution is -2.23. The van der Waals surface area contributed by atoms with Crippen molar-refractivity contribution in [3.8, 4) is 10.4 Å². The van der Waals surface area contributed by atoms with Crippen molar-refractivity contribution >= 4 is 27.9 Å². The third kappa shape index (κ3) is 3.04. The molecule has 1 unspecified atom stereocenters. The highest BCUT2D eigenvalue weighted by molar-refractivity contribution is 7.13. The summed E-state index contributed by atoms with van der Waals surface area (Å²) in [7, 11) is 0. The molecule has 3 rings (SSSR count). The molecule has 0 aliphatic rings. The van der Waals surface area contributed by atoms with Crippen LogP contribution in [0.5, 0.6) is 0 Å². The van der Waals surface area contributed by atoms with Crippen LogP contribution in [0.25, 0.3) is 21.2 Å². The summed E-state index contributed by atoms with van der Waals surface area (Å²) in [5, 5.41) is 15.0. The molecule has 0 bridgehead atoms. The van der Waals surface area contributed by atoms with E-state index in [2.05, 4.69) is 10.3 Å². The Morgan fingerprint density at radius 1 is 1.35 bits per heavy atom. The van der Waals surface area contributed by atoms with Crippen molar-refractivity contribution in [2.75, 3.05) is 11.9 Å². The normalized spacial score (nSPS) is 12.5. The summed E-state index contributed by atoms with van der Waals surface area (Å²) < 4.78 is 28.1. The van der Waals surface area contributed by atoms with Crippen molar-refractivity contribution in [2.45, 2.75) is 19.4 Å². The lowest BCUT2D eigenvalue weighted by molar-refractivity contribution is 0.271. The van der Waals surface area contributed by atoms with Crippen molar-refractivity contribution in [2.24, 2.45) is 0 Å². The van der Waals surface area contributed by atoms with Crippen LogP contribution in [0.2, 0.25) is 0 Å². The Labute approximate surface area is 136 Å². The molecule has 0 aliphatic heterocycles. The average molecular weight is 334 g/mol. The Balaban J connectivity index is 2.23. The summed E-state index contributed by atoms with van der Waals surface area (Å²) in [6.45, 7) is 1.82. The highest BCUT2D eigenvalue weighted by Crippen LogP contribution is 2.36. The molecule has 2 aromatic heterocycles. The van der Waals surface area contributed by atoms with E-state index in [1.807, 2.05) is 24.4 Å². The van der Waals surface area contributed by atoms with Crippen molar-refractivity contribution < 1.29 is 13.9 Å². The summed E-state index contributed by atoms with van der Waals surface area (Å²) in [6.07, 6.45) is 2.27. The van der Waals surface area contributed by atoms with E-state index in [4.69, 9.17) is 0 Å². The maximum atomic E-state index is 14.4. The number of hydrogen-bond acceptors (Lipinski definition) is 4. The molecule has 1 aromatic carbocycles. The molecule has 3 nitrogen and oxygen atoms in total. The zero-order chi connectivity index (χ0) is 16.4. The van der Waals surface area contributed by atoms with Crippen LogP contribution < -0.4 is 5.32 Å². The first-order chi connectivity index (χ1) is 11.1. The van der Waals surface area contributed by atoms with Gasteiger partial charge in [-0.3, -0.25) is 0 Å². The van der Waals surface area contributed by atoms with Crippen LogP contribution in [0, 0.1) is 11.6 Å². The summed E-state index contributed by atoms with van der Waals surface area (Å²) >= 11 is 1.49. The molecular formula is C17H16F2N2OS. The molecule has 0 saturated heterocycles. The smallest absolute Gasteiger partial charge is 0.137 e. The molecular weight excluding hydrogens is 318 g/mol. The van der Waals surface area contributed by atoms with E-state index in [0.29, 0.717) is 23.2 Å². The molecule has 0 radical (unpaired) electrons. The number of pyridine rings is 1. The highest BCUT2D eigenvalue weighted by atomic mass is 32.1. The van der Waals surface area contributed by atoms with Gasteiger partial charge in [0.25, 0.3) is 0 Å². The first-order valence-electron chi connectivity index (χ1n) is 7.33. The first-order valence-corrected chi connectivity index (χ1v) is 8.21. The second kappa shape index (κ2) is 6.60. The predicted molar refractivity (Wildman–Crippen MR) is 89.8 cm³/mol. The van der Waals surface area contributed by atoms with Gasteiger partial charge < -0.3 is 10.4 Å². The number of rotatable bonds is 5. The number of anilines is 1. The Morgan fingerprint density at radius 3 is 2.83 bits per heavy atom. The standard InChI is InChI=1S/C17H16F2N2OS/c1-2-11(9-22)21-17-16-12(6-10(18)7-14(16)19)13(8-20-17)15-4-3-5-23-15/h3-8,11,22H,2,9H2,1H3,(H,20,21). The van der Waals surface area contributed by atoms with Crippen LogP contribution in [-0.2, 0) is 0 Å². The third-order valence-electron chi connectivity index (χ3n) is 3.75. The van der Waals surface area contributed by atoms with Gasteiger partial charge in [-0.1, -0.05) is 13.0 Å². The maximum absolute atomic E-state index is 14.4. The van der Waals surface area contributed by atoms with Crippen LogP contribution in [0.4, 0.5) is 14.6 Å². The van der Waals surface area contributed by atoms with Crippen LogP contribution >= 0.6 is 11.3 Å². The van der Waals surface area contributed by atoms with Gasteiger partial charge in [0.15, 0.2) is 0 Å². The molecule has 0 aliphatic carbocycles. The lowest BCUT2D eigenvalue weighted by atomic mass is 10.0. The monoisotopic (exact) mass is 334 g/mol. The van der Waals surface area contributed by atoms with Crippen LogP contribution in [0.1, 0.15) is 13.3 Å². The summed E-state index contributed by atoms with van der Waals surface area (Å²) in [5.41, 5.74) is 0.691. The number of thiophene rings is 1. The van der Waals surface area contributed by atoms with Gasteiger partial charge in [0.05, 0.1) is 18.0 Å². The number of benzene rings is 1. The van der Waals surface area contributed by atoms with Crippen LogP contribution in [-0.4, -0.2) is 22.7 Å². The van der Waals surface area contributed by atoms with Crippen molar-refractivity contribution in [3.63, 3.8) is 0 Å². The van der Waals surface area contributed by atoms with Gasteiger partial charge in [0.2, 0.25) is 0 Å². The van der Waals surface area contributed by atoms with Crippen molar-refractivity contribution in [1.82, 2.24) is 4.98 Å². The second-order valence-electron chi connectivity index (χ2n) is 5.24.